The van der Waals surface area contributed by atoms with Gasteiger partial charge in [-0.15, -0.1) is 0 Å². The number of nitrogens with one attached hydrogen (secondary N) is 1. The largest absolute Gasteiger partial charge is 0.361 e. The van der Waals surface area contributed by atoms with E-state index in [0.29, 0.717) is 0 Å². The molecule has 1 aliphatic rings. The van der Waals surface area contributed by atoms with Crippen molar-refractivity contribution >= 4 is 10.9 Å². The second-order valence-electron chi connectivity index (χ2n) is 6.47. The van der Waals surface area contributed by atoms with Crippen LogP contribution in [0, 0.1) is 5.82 Å². The number of aromatic amines is 1. The zero-order valence-corrected chi connectivity index (χ0v) is 13.8. The van der Waals surface area contributed by atoms with E-state index in [1.807, 2.05) is 12.4 Å². The van der Waals surface area contributed by atoms with Crippen LogP contribution in [0.2, 0.25) is 0 Å². The summed E-state index contributed by atoms with van der Waals surface area (Å²) in [5.74, 6) is 0.765. The summed E-state index contributed by atoms with van der Waals surface area (Å²) in [4.78, 5) is 14.8. The van der Waals surface area contributed by atoms with Crippen LogP contribution < -0.4 is 0 Å². The first-order valence-corrected chi connectivity index (χ1v) is 8.54. The Kier molecular flexibility index (Phi) is 4.02. The Hall–Kier alpha value is -2.27. The molecule has 0 spiro atoms. The van der Waals surface area contributed by atoms with E-state index >= 15 is 0 Å². The molecule has 4 nitrogen and oxygen atoms in total. The number of hydrogen-bond donors (Lipinski definition) is 1. The third kappa shape index (κ3) is 2.91. The Morgan fingerprint density at radius 2 is 2.25 bits per heavy atom. The predicted molar refractivity (Wildman–Crippen MR) is 92.1 cm³/mol. The molecule has 3 aromatic rings. The van der Waals surface area contributed by atoms with Crippen LogP contribution in [0.4, 0.5) is 4.39 Å². The minimum absolute atomic E-state index is 0.191. The van der Waals surface area contributed by atoms with Gasteiger partial charge in [0.25, 0.3) is 0 Å². The van der Waals surface area contributed by atoms with Gasteiger partial charge in [-0.25, -0.2) is 14.4 Å². The molecule has 0 saturated heterocycles. The number of aromatic nitrogens is 3. The topological polar surface area (TPSA) is 44.8 Å². The van der Waals surface area contributed by atoms with E-state index in [-0.39, 0.29) is 5.82 Å². The first-order chi connectivity index (χ1) is 11.7. The van der Waals surface area contributed by atoms with Gasteiger partial charge in [0.2, 0.25) is 0 Å². The maximum Gasteiger partial charge on any atom is 0.128 e. The summed E-state index contributed by atoms with van der Waals surface area (Å²) in [6.45, 7) is 4.77. The van der Waals surface area contributed by atoms with Crippen molar-refractivity contribution in [3.63, 3.8) is 0 Å². The quantitative estimate of drug-likeness (QED) is 0.797. The Bertz CT molecular complexity index is 871. The maximum absolute atomic E-state index is 13.5. The molecule has 1 aromatic carbocycles. The van der Waals surface area contributed by atoms with Crippen molar-refractivity contribution in [1.29, 1.82) is 0 Å². The van der Waals surface area contributed by atoms with Crippen molar-refractivity contribution in [2.45, 2.75) is 39.3 Å². The van der Waals surface area contributed by atoms with Crippen LogP contribution in [-0.4, -0.2) is 26.4 Å². The standard InChI is InChI=1S/C19H21FN4/c1-2-3-19-22-10-14-12-24(7-6-17(14)23-19)11-13-9-21-18-5-4-15(20)8-16(13)18/h4-5,8-10,21H,2-3,6-7,11-12H2,1H3. The molecule has 0 saturated carbocycles. The van der Waals surface area contributed by atoms with Crippen molar-refractivity contribution in [3.05, 3.63) is 59.1 Å². The average Bonchev–Trinajstić information content (AvgIpc) is 2.97. The third-order valence-electron chi connectivity index (χ3n) is 4.66. The minimum atomic E-state index is -0.191. The van der Waals surface area contributed by atoms with Crippen molar-refractivity contribution < 1.29 is 4.39 Å². The Labute approximate surface area is 140 Å². The highest BCUT2D eigenvalue weighted by molar-refractivity contribution is 5.83. The molecule has 1 N–H and O–H groups in total. The van der Waals surface area contributed by atoms with Crippen molar-refractivity contribution in [3.8, 4) is 0 Å². The molecule has 3 heterocycles. The van der Waals surface area contributed by atoms with Crippen LogP contribution in [0.3, 0.4) is 0 Å². The van der Waals surface area contributed by atoms with Crippen LogP contribution in [0.15, 0.2) is 30.6 Å². The molecule has 0 radical (unpaired) electrons. The zero-order chi connectivity index (χ0) is 16.5. The lowest BCUT2D eigenvalue weighted by Gasteiger charge is -2.27. The van der Waals surface area contributed by atoms with E-state index in [0.717, 1.165) is 61.2 Å². The number of hydrogen-bond acceptors (Lipinski definition) is 3. The molecule has 0 atom stereocenters. The van der Waals surface area contributed by atoms with Gasteiger partial charge in [0.05, 0.1) is 0 Å². The van der Waals surface area contributed by atoms with Crippen LogP contribution in [0.1, 0.15) is 36.0 Å². The van der Waals surface area contributed by atoms with Gasteiger partial charge >= 0.3 is 0 Å². The highest BCUT2D eigenvalue weighted by atomic mass is 19.1. The molecule has 124 valence electrons. The number of H-pyrrole nitrogens is 1. The molecule has 5 heteroatoms. The molecule has 0 amide bonds. The second-order valence-corrected chi connectivity index (χ2v) is 6.47. The van der Waals surface area contributed by atoms with Crippen LogP contribution in [-0.2, 0) is 25.9 Å². The summed E-state index contributed by atoms with van der Waals surface area (Å²) >= 11 is 0. The lowest BCUT2D eigenvalue weighted by atomic mass is 10.1. The minimum Gasteiger partial charge on any atom is -0.361 e. The van der Waals surface area contributed by atoms with E-state index in [4.69, 9.17) is 4.98 Å². The third-order valence-corrected chi connectivity index (χ3v) is 4.66. The van der Waals surface area contributed by atoms with E-state index in [2.05, 4.69) is 21.8 Å². The van der Waals surface area contributed by atoms with Crippen molar-refractivity contribution in [1.82, 2.24) is 19.9 Å². The fraction of sp³-hybridized carbons (Fsp3) is 0.368. The second kappa shape index (κ2) is 6.32. The normalized spacial score (nSPS) is 14.9. The summed E-state index contributed by atoms with van der Waals surface area (Å²) in [5.41, 5.74) is 4.52. The number of fused-ring (bicyclic) bond motifs is 2. The first-order valence-electron chi connectivity index (χ1n) is 8.54. The molecule has 2 aromatic heterocycles. The van der Waals surface area contributed by atoms with Crippen LogP contribution in [0.25, 0.3) is 10.9 Å². The zero-order valence-electron chi connectivity index (χ0n) is 13.8. The monoisotopic (exact) mass is 324 g/mol. The number of nitrogens with zero attached hydrogens (tertiary/aromatic N) is 3. The van der Waals surface area contributed by atoms with Crippen molar-refractivity contribution in [2.24, 2.45) is 0 Å². The van der Waals surface area contributed by atoms with Gasteiger partial charge in [0.15, 0.2) is 0 Å². The summed E-state index contributed by atoms with van der Waals surface area (Å²) < 4.78 is 13.5. The summed E-state index contributed by atoms with van der Waals surface area (Å²) in [5, 5.41) is 0.968. The van der Waals surface area contributed by atoms with E-state index in [1.54, 1.807) is 12.1 Å². The maximum atomic E-state index is 13.5. The van der Waals surface area contributed by atoms with Crippen LogP contribution in [0.5, 0.6) is 0 Å². The molecule has 0 aliphatic carbocycles. The van der Waals surface area contributed by atoms with Gasteiger partial charge in [-0.3, -0.25) is 4.90 Å². The lowest BCUT2D eigenvalue weighted by molar-refractivity contribution is 0.243. The Morgan fingerprint density at radius 3 is 3.12 bits per heavy atom. The van der Waals surface area contributed by atoms with E-state index in [9.17, 15) is 4.39 Å². The highest BCUT2D eigenvalue weighted by Gasteiger charge is 2.19. The predicted octanol–water partition coefficient (Wildman–Crippen LogP) is 3.61. The van der Waals surface area contributed by atoms with Gasteiger partial charge in [-0.1, -0.05) is 6.92 Å². The molecule has 4 rings (SSSR count). The smallest absolute Gasteiger partial charge is 0.128 e. The number of aryl methyl sites for hydroxylation is 1. The van der Waals surface area contributed by atoms with Gasteiger partial charge in [0.1, 0.15) is 11.6 Å². The summed E-state index contributed by atoms with van der Waals surface area (Å²) in [6.07, 6.45) is 6.93. The Morgan fingerprint density at radius 1 is 1.33 bits per heavy atom. The molecule has 24 heavy (non-hydrogen) atoms. The molecule has 0 fully saturated rings. The molecular formula is C19H21FN4. The van der Waals surface area contributed by atoms with E-state index < -0.39 is 0 Å². The number of halogens is 1. The SMILES string of the molecule is CCCc1ncc2c(n1)CCN(Cc1c[nH]c3ccc(F)cc13)C2. The molecular weight excluding hydrogens is 303 g/mol. The number of benzene rings is 1. The summed E-state index contributed by atoms with van der Waals surface area (Å²) in [6, 6.07) is 4.90. The highest BCUT2D eigenvalue weighted by Crippen LogP contribution is 2.24. The fourth-order valence-electron chi connectivity index (χ4n) is 3.42. The first kappa shape index (κ1) is 15.3. The average molecular weight is 324 g/mol. The molecule has 0 bridgehead atoms. The van der Waals surface area contributed by atoms with Gasteiger partial charge in [-0.2, -0.15) is 0 Å². The number of rotatable bonds is 4. The van der Waals surface area contributed by atoms with Gasteiger partial charge in [0, 0.05) is 67.0 Å². The Balaban J connectivity index is 1.53. The van der Waals surface area contributed by atoms with Gasteiger partial charge in [-0.05, 0) is 30.2 Å². The van der Waals surface area contributed by atoms with E-state index in [1.165, 1.54) is 17.3 Å². The van der Waals surface area contributed by atoms with Gasteiger partial charge < -0.3 is 4.98 Å². The summed E-state index contributed by atoms with van der Waals surface area (Å²) in [7, 11) is 0. The van der Waals surface area contributed by atoms with Crippen LogP contribution >= 0.6 is 0 Å². The lowest BCUT2D eigenvalue weighted by Crippen LogP contribution is -2.31. The fourth-order valence-corrected chi connectivity index (χ4v) is 3.42. The molecule has 0 unspecified atom stereocenters. The van der Waals surface area contributed by atoms with Crippen molar-refractivity contribution in [2.75, 3.05) is 6.54 Å². The molecule has 1 aliphatic heterocycles.